The Balaban J connectivity index is 2.30. The van der Waals surface area contributed by atoms with Crippen molar-refractivity contribution < 1.29 is 10.2 Å². The van der Waals surface area contributed by atoms with Crippen LogP contribution in [0.25, 0.3) is 0 Å². The first-order valence-electron chi connectivity index (χ1n) is 5.76. The van der Waals surface area contributed by atoms with Crippen molar-refractivity contribution in [1.82, 2.24) is 0 Å². The fourth-order valence-corrected chi connectivity index (χ4v) is 2.47. The van der Waals surface area contributed by atoms with Crippen molar-refractivity contribution in [3.63, 3.8) is 0 Å². The van der Waals surface area contributed by atoms with Crippen molar-refractivity contribution in [1.29, 1.82) is 0 Å². The molecule has 0 amide bonds. The predicted octanol–water partition coefficient (Wildman–Crippen LogP) is 1.95. The topological polar surface area (TPSA) is 40.5 Å². The molecule has 1 aliphatic rings. The van der Waals surface area contributed by atoms with Crippen molar-refractivity contribution in [3.8, 4) is 0 Å². The molecule has 1 aromatic rings. The highest BCUT2D eigenvalue weighted by atomic mass is 16.3. The summed E-state index contributed by atoms with van der Waals surface area (Å²) >= 11 is 0. The minimum absolute atomic E-state index is 0.00766. The van der Waals surface area contributed by atoms with Gasteiger partial charge in [0.15, 0.2) is 0 Å². The van der Waals surface area contributed by atoms with E-state index in [0.717, 1.165) is 5.56 Å². The molecular formula is C14H18O2. The van der Waals surface area contributed by atoms with Gasteiger partial charge in [-0.05, 0) is 11.5 Å². The Morgan fingerprint density at radius 3 is 2.44 bits per heavy atom. The highest BCUT2D eigenvalue weighted by Gasteiger charge is 2.33. The van der Waals surface area contributed by atoms with Crippen LogP contribution in [0.1, 0.15) is 18.4 Å². The molecule has 2 N–H and O–H groups in total. The summed E-state index contributed by atoms with van der Waals surface area (Å²) in [4.78, 5) is 0. The van der Waals surface area contributed by atoms with Crippen molar-refractivity contribution in [2.45, 2.75) is 18.9 Å². The minimum Gasteiger partial charge on any atom is -0.396 e. The number of benzene rings is 1. The van der Waals surface area contributed by atoms with Crippen LogP contribution in [0.2, 0.25) is 0 Å². The monoisotopic (exact) mass is 218 g/mol. The predicted molar refractivity (Wildman–Crippen MR) is 64.1 cm³/mol. The maximum absolute atomic E-state index is 10.2. The van der Waals surface area contributed by atoms with Gasteiger partial charge in [0.05, 0.1) is 12.7 Å². The van der Waals surface area contributed by atoms with E-state index < -0.39 is 6.10 Å². The lowest BCUT2D eigenvalue weighted by molar-refractivity contribution is 0.0515. The van der Waals surface area contributed by atoms with Crippen molar-refractivity contribution in [2.24, 2.45) is 11.8 Å². The Bertz CT molecular complexity index is 358. The molecule has 0 saturated carbocycles. The molecule has 0 bridgehead atoms. The van der Waals surface area contributed by atoms with E-state index in [4.69, 9.17) is 0 Å². The van der Waals surface area contributed by atoms with Gasteiger partial charge in [0.1, 0.15) is 0 Å². The van der Waals surface area contributed by atoms with E-state index in [9.17, 15) is 10.2 Å². The molecule has 0 unspecified atom stereocenters. The first kappa shape index (κ1) is 11.4. The summed E-state index contributed by atoms with van der Waals surface area (Å²) in [7, 11) is 0. The van der Waals surface area contributed by atoms with E-state index in [2.05, 4.69) is 13.0 Å². The van der Waals surface area contributed by atoms with E-state index in [-0.39, 0.29) is 18.4 Å². The normalized spacial score (nSPS) is 33.9. The zero-order valence-electron chi connectivity index (χ0n) is 9.45. The summed E-state index contributed by atoms with van der Waals surface area (Å²) < 4.78 is 0. The molecule has 0 radical (unpaired) electrons. The average molecular weight is 218 g/mol. The van der Waals surface area contributed by atoms with Crippen molar-refractivity contribution in [2.75, 3.05) is 6.61 Å². The molecule has 1 aliphatic carbocycles. The van der Waals surface area contributed by atoms with Gasteiger partial charge in [-0.15, -0.1) is 0 Å². The number of hydrogen-bond acceptors (Lipinski definition) is 2. The molecule has 0 spiro atoms. The van der Waals surface area contributed by atoms with Crippen molar-refractivity contribution >= 4 is 0 Å². The zero-order valence-corrected chi connectivity index (χ0v) is 9.45. The standard InChI is InChI=1S/C14H18O2/c1-10-7-8-12(9-15)14(16)13(10)11-5-3-2-4-6-11/h2-8,10,12-16H,9H2,1H3/t10-,12-,13-,14+/m0/s1. The largest absolute Gasteiger partial charge is 0.396 e. The van der Waals surface area contributed by atoms with Crippen LogP contribution in [0.3, 0.4) is 0 Å². The van der Waals surface area contributed by atoms with Crippen molar-refractivity contribution in [3.05, 3.63) is 48.0 Å². The second-order valence-electron chi connectivity index (χ2n) is 4.52. The third-order valence-electron chi connectivity index (χ3n) is 3.43. The van der Waals surface area contributed by atoms with Gasteiger partial charge >= 0.3 is 0 Å². The van der Waals surface area contributed by atoms with Gasteiger partial charge in [0, 0.05) is 11.8 Å². The molecule has 0 aliphatic heterocycles. The Kier molecular flexibility index (Phi) is 3.42. The van der Waals surface area contributed by atoms with Crippen LogP contribution in [0.5, 0.6) is 0 Å². The van der Waals surface area contributed by atoms with Crippen LogP contribution in [0, 0.1) is 11.8 Å². The highest BCUT2D eigenvalue weighted by Crippen LogP contribution is 2.36. The lowest BCUT2D eigenvalue weighted by Crippen LogP contribution is -2.35. The van der Waals surface area contributed by atoms with Crippen LogP contribution in [-0.4, -0.2) is 22.9 Å². The Hall–Kier alpha value is -1.12. The second-order valence-corrected chi connectivity index (χ2v) is 4.52. The molecule has 1 aromatic carbocycles. The zero-order chi connectivity index (χ0) is 11.5. The van der Waals surface area contributed by atoms with Crippen LogP contribution in [-0.2, 0) is 0 Å². The molecule has 0 heterocycles. The SMILES string of the molecule is C[C@H]1C=C[C@@H](CO)[C@@H](O)[C@@H]1c1ccccc1. The Morgan fingerprint density at radius 2 is 1.81 bits per heavy atom. The van der Waals surface area contributed by atoms with Crippen LogP contribution >= 0.6 is 0 Å². The lowest BCUT2D eigenvalue weighted by Gasteiger charge is -2.34. The number of aliphatic hydroxyl groups excluding tert-OH is 2. The summed E-state index contributed by atoms with van der Waals surface area (Å²) in [5.74, 6) is 0.255. The molecule has 16 heavy (non-hydrogen) atoms. The maximum Gasteiger partial charge on any atom is 0.0698 e. The van der Waals surface area contributed by atoms with Gasteiger partial charge < -0.3 is 10.2 Å². The van der Waals surface area contributed by atoms with Crippen LogP contribution in [0.15, 0.2) is 42.5 Å². The molecule has 4 atom stereocenters. The minimum atomic E-state index is -0.493. The van der Waals surface area contributed by atoms with Gasteiger partial charge in [-0.25, -0.2) is 0 Å². The van der Waals surface area contributed by atoms with Crippen LogP contribution in [0.4, 0.5) is 0 Å². The van der Waals surface area contributed by atoms with Gasteiger partial charge in [-0.1, -0.05) is 49.4 Å². The van der Waals surface area contributed by atoms with E-state index in [0.29, 0.717) is 5.92 Å². The average Bonchev–Trinajstić information content (AvgIpc) is 2.31. The quantitative estimate of drug-likeness (QED) is 0.745. The first-order valence-corrected chi connectivity index (χ1v) is 5.76. The molecule has 86 valence electrons. The molecular weight excluding hydrogens is 200 g/mol. The summed E-state index contributed by atoms with van der Waals surface area (Å²) in [5, 5.41) is 19.4. The van der Waals surface area contributed by atoms with E-state index in [1.165, 1.54) is 0 Å². The number of aliphatic hydroxyl groups is 2. The van der Waals surface area contributed by atoms with Gasteiger partial charge in [-0.3, -0.25) is 0 Å². The fraction of sp³-hybridized carbons (Fsp3) is 0.429. The first-order chi connectivity index (χ1) is 7.74. The summed E-state index contributed by atoms with van der Waals surface area (Å²) in [6, 6.07) is 10.0. The molecule has 0 aromatic heterocycles. The third-order valence-corrected chi connectivity index (χ3v) is 3.43. The number of allylic oxidation sites excluding steroid dienone is 1. The number of hydrogen-bond donors (Lipinski definition) is 2. The van der Waals surface area contributed by atoms with Gasteiger partial charge in [-0.2, -0.15) is 0 Å². The Labute approximate surface area is 96.2 Å². The summed E-state index contributed by atoms with van der Waals surface area (Å²) in [6.07, 6.45) is 3.52. The van der Waals surface area contributed by atoms with E-state index >= 15 is 0 Å². The molecule has 2 heteroatoms. The third kappa shape index (κ3) is 2.04. The lowest BCUT2D eigenvalue weighted by atomic mass is 9.74. The molecule has 0 saturated heterocycles. The van der Waals surface area contributed by atoms with Gasteiger partial charge in [0.2, 0.25) is 0 Å². The molecule has 2 nitrogen and oxygen atoms in total. The molecule has 0 fully saturated rings. The smallest absolute Gasteiger partial charge is 0.0698 e. The summed E-state index contributed by atoms with van der Waals surface area (Å²) in [6.45, 7) is 2.11. The van der Waals surface area contributed by atoms with Gasteiger partial charge in [0.25, 0.3) is 0 Å². The maximum atomic E-state index is 10.2. The number of rotatable bonds is 2. The summed E-state index contributed by atoms with van der Waals surface area (Å²) in [5.41, 5.74) is 1.14. The van der Waals surface area contributed by atoms with Crippen LogP contribution < -0.4 is 0 Å². The van der Waals surface area contributed by atoms with E-state index in [1.54, 1.807) is 0 Å². The Morgan fingerprint density at radius 1 is 1.12 bits per heavy atom. The second kappa shape index (κ2) is 4.81. The van der Waals surface area contributed by atoms with E-state index in [1.807, 2.05) is 36.4 Å². The highest BCUT2D eigenvalue weighted by molar-refractivity contribution is 5.25. The molecule has 2 rings (SSSR count). The fourth-order valence-electron chi connectivity index (χ4n) is 2.47.